The van der Waals surface area contributed by atoms with E-state index in [4.69, 9.17) is 0 Å². The maximum absolute atomic E-state index is 13.3. The Morgan fingerprint density at radius 3 is 2.31 bits per heavy atom. The number of tetrazole rings is 1. The number of aromatic nitrogens is 4. The zero-order valence-electron chi connectivity index (χ0n) is 16.7. The molecule has 1 aliphatic heterocycles. The molecule has 2 heterocycles. The molecule has 5 rings (SSSR count). The van der Waals surface area contributed by atoms with Gasteiger partial charge in [0.25, 0.3) is 0 Å². The molecule has 4 aromatic rings. The van der Waals surface area contributed by atoms with Gasteiger partial charge in [-0.2, -0.15) is 4.68 Å². The van der Waals surface area contributed by atoms with Crippen molar-refractivity contribution in [1.29, 1.82) is 0 Å². The second-order valence-electron chi connectivity index (χ2n) is 6.97. The van der Waals surface area contributed by atoms with E-state index in [1.165, 1.54) is 28.4 Å². The number of carbonyl (C=O) groups is 2. The van der Waals surface area contributed by atoms with Crippen LogP contribution in [0.25, 0.3) is 5.69 Å². The molecule has 0 radical (unpaired) electrons. The van der Waals surface area contributed by atoms with Crippen molar-refractivity contribution in [2.45, 2.75) is 26.6 Å². The quantitative estimate of drug-likeness (QED) is 0.399. The van der Waals surface area contributed by atoms with Crippen molar-refractivity contribution in [3.63, 3.8) is 0 Å². The normalized spacial score (nSPS) is 16.0. The van der Waals surface area contributed by atoms with E-state index in [0.29, 0.717) is 10.8 Å². The van der Waals surface area contributed by atoms with Crippen LogP contribution in [0.5, 0.6) is 0 Å². The minimum absolute atomic E-state index is 0.0927. The maximum Gasteiger partial charge on any atom is 0.247 e. The van der Waals surface area contributed by atoms with Gasteiger partial charge in [-0.1, -0.05) is 72.1 Å². The van der Waals surface area contributed by atoms with E-state index in [1.54, 1.807) is 4.68 Å². The lowest BCUT2D eigenvalue weighted by Crippen LogP contribution is -2.31. The highest BCUT2D eigenvalue weighted by Crippen LogP contribution is 2.39. The van der Waals surface area contributed by atoms with Gasteiger partial charge in [-0.25, -0.2) is 4.90 Å². The van der Waals surface area contributed by atoms with Crippen LogP contribution in [-0.2, 0) is 9.59 Å². The van der Waals surface area contributed by atoms with E-state index >= 15 is 0 Å². The molecule has 1 aromatic heterocycles. The topological polar surface area (TPSA) is 81.0 Å². The first kappa shape index (κ1) is 20.5. The van der Waals surface area contributed by atoms with Gasteiger partial charge in [0.05, 0.1) is 11.4 Å². The molecule has 0 saturated carbocycles. The van der Waals surface area contributed by atoms with Gasteiger partial charge in [-0.15, -0.1) is 5.10 Å². The summed E-state index contributed by atoms with van der Waals surface area (Å²) in [5, 5.41) is 11.7. The van der Waals surface area contributed by atoms with Crippen molar-refractivity contribution in [2.75, 3.05) is 4.90 Å². The van der Waals surface area contributed by atoms with Crippen molar-refractivity contribution in [3.8, 4) is 5.69 Å². The smallest absolute Gasteiger partial charge is 0.247 e. The van der Waals surface area contributed by atoms with E-state index < -0.39 is 5.25 Å². The number of nitrogens with zero attached hydrogens (tertiary/aromatic N) is 5. The predicted molar refractivity (Wildman–Crippen MR) is 123 cm³/mol. The van der Waals surface area contributed by atoms with Crippen LogP contribution in [0.3, 0.4) is 0 Å². The van der Waals surface area contributed by atoms with Gasteiger partial charge >= 0.3 is 0 Å². The average Bonchev–Trinajstić information content (AvgIpc) is 3.40. The molecule has 9 heteroatoms. The fourth-order valence-corrected chi connectivity index (χ4v) is 5.37. The lowest BCUT2D eigenvalue weighted by atomic mass is 10.3. The fourth-order valence-electron chi connectivity index (χ4n) is 3.40. The van der Waals surface area contributed by atoms with E-state index in [0.717, 1.165) is 15.5 Å². The summed E-state index contributed by atoms with van der Waals surface area (Å²) in [4.78, 5) is 29.4. The number of anilines is 1. The lowest BCUT2D eigenvalue weighted by Gasteiger charge is -2.18. The van der Waals surface area contributed by atoms with Crippen LogP contribution in [0, 0.1) is 0 Å². The molecule has 1 atom stereocenters. The summed E-state index contributed by atoms with van der Waals surface area (Å²) >= 11 is 2.73. The van der Waals surface area contributed by atoms with Crippen LogP contribution >= 0.6 is 23.5 Å². The standard InChI is InChI=1S/C23H17N5O2S2/c29-21-15-20(32-23-24-25-26-28(23)16-9-3-1-4-10-16)22(30)27(21)18-13-7-8-14-19(18)31-17-11-5-2-6-12-17/h1-14,20H,15H2. The molecule has 0 N–H and O–H groups in total. The van der Waals surface area contributed by atoms with Crippen molar-refractivity contribution in [2.24, 2.45) is 0 Å². The van der Waals surface area contributed by atoms with Crippen LogP contribution in [0.1, 0.15) is 6.42 Å². The molecule has 3 aromatic carbocycles. The van der Waals surface area contributed by atoms with Gasteiger partial charge in [0.1, 0.15) is 5.25 Å². The van der Waals surface area contributed by atoms with Crippen molar-refractivity contribution < 1.29 is 9.59 Å². The highest BCUT2D eigenvalue weighted by Gasteiger charge is 2.42. The summed E-state index contributed by atoms with van der Waals surface area (Å²) in [6.07, 6.45) is 0.0927. The number of rotatable bonds is 6. The maximum atomic E-state index is 13.3. The zero-order valence-corrected chi connectivity index (χ0v) is 18.4. The summed E-state index contributed by atoms with van der Waals surface area (Å²) in [6, 6.07) is 26.8. The molecule has 1 aliphatic rings. The number of amides is 2. The Hall–Kier alpha value is -3.43. The van der Waals surface area contributed by atoms with Gasteiger partial charge in [0.15, 0.2) is 0 Å². The Morgan fingerprint density at radius 1 is 0.844 bits per heavy atom. The third-order valence-corrected chi connectivity index (χ3v) is 7.06. The summed E-state index contributed by atoms with van der Waals surface area (Å²) in [5.41, 5.74) is 1.39. The van der Waals surface area contributed by atoms with Gasteiger partial charge < -0.3 is 0 Å². The number of para-hydroxylation sites is 2. The minimum atomic E-state index is -0.592. The van der Waals surface area contributed by atoms with E-state index in [1.807, 2.05) is 84.9 Å². The molecule has 32 heavy (non-hydrogen) atoms. The number of imide groups is 1. The first-order valence-corrected chi connectivity index (χ1v) is 11.6. The number of hydrogen-bond acceptors (Lipinski definition) is 7. The van der Waals surface area contributed by atoms with Crippen molar-refractivity contribution in [3.05, 3.63) is 84.9 Å². The molecular weight excluding hydrogens is 442 g/mol. The molecule has 0 aliphatic carbocycles. The second-order valence-corrected chi connectivity index (χ2v) is 9.25. The van der Waals surface area contributed by atoms with Crippen LogP contribution in [0.15, 0.2) is 99.9 Å². The molecule has 0 bridgehead atoms. The summed E-state index contributed by atoms with van der Waals surface area (Å²) < 4.78 is 1.57. The van der Waals surface area contributed by atoms with Crippen molar-refractivity contribution >= 4 is 41.0 Å². The highest BCUT2D eigenvalue weighted by molar-refractivity contribution is 8.00. The molecule has 1 unspecified atom stereocenters. The molecule has 7 nitrogen and oxygen atoms in total. The van der Waals surface area contributed by atoms with Gasteiger partial charge in [0, 0.05) is 16.2 Å². The highest BCUT2D eigenvalue weighted by atomic mass is 32.2. The van der Waals surface area contributed by atoms with Crippen LogP contribution < -0.4 is 4.90 Å². The minimum Gasteiger partial charge on any atom is -0.274 e. The molecule has 1 saturated heterocycles. The zero-order chi connectivity index (χ0) is 21.9. The molecule has 2 amide bonds. The predicted octanol–water partition coefficient (Wildman–Crippen LogP) is 4.24. The monoisotopic (exact) mass is 459 g/mol. The third-order valence-electron chi connectivity index (χ3n) is 4.87. The number of thioether (sulfide) groups is 1. The first-order chi connectivity index (χ1) is 15.7. The second kappa shape index (κ2) is 8.97. The summed E-state index contributed by atoms with van der Waals surface area (Å²) in [6.45, 7) is 0. The van der Waals surface area contributed by atoms with E-state index in [2.05, 4.69) is 15.5 Å². The average molecular weight is 460 g/mol. The summed E-state index contributed by atoms with van der Waals surface area (Å²) in [7, 11) is 0. The number of carbonyl (C=O) groups excluding carboxylic acids is 2. The van der Waals surface area contributed by atoms with Crippen LogP contribution in [-0.4, -0.2) is 37.3 Å². The summed E-state index contributed by atoms with van der Waals surface area (Å²) in [5.74, 6) is -0.490. The Balaban J connectivity index is 1.40. The fraction of sp³-hybridized carbons (Fsp3) is 0.0870. The SMILES string of the molecule is O=C1CC(Sc2nnnn2-c2ccccc2)C(=O)N1c1ccccc1Sc1ccccc1. The Bertz CT molecular complexity index is 1260. The number of hydrogen-bond donors (Lipinski definition) is 0. The Kier molecular flexibility index (Phi) is 5.74. The van der Waals surface area contributed by atoms with E-state index in [-0.39, 0.29) is 18.2 Å². The van der Waals surface area contributed by atoms with Gasteiger partial charge in [-0.3, -0.25) is 9.59 Å². The molecule has 1 fully saturated rings. The van der Waals surface area contributed by atoms with E-state index in [9.17, 15) is 9.59 Å². The third kappa shape index (κ3) is 4.04. The lowest BCUT2D eigenvalue weighted by molar-refractivity contribution is -0.121. The van der Waals surface area contributed by atoms with Gasteiger partial charge in [0.2, 0.25) is 17.0 Å². The molecule has 0 spiro atoms. The first-order valence-electron chi connectivity index (χ1n) is 9.90. The van der Waals surface area contributed by atoms with Crippen molar-refractivity contribution in [1.82, 2.24) is 20.2 Å². The Labute approximate surface area is 192 Å². The number of benzene rings is 3. The van der Waals surface area contributed by atoms with Crippen LogP contribution in [0.4, 0.5) is 5.69 Å². The largest absolute Gasteiger partial charge is 0.274 e. The van der Waals surface area contributed by atoms with Gasteiger partial charge in [-0.05, 0) is 46.8 Å². The molecular formula is C23H17N5O2S2. The Morgan fingerprint density at radius 2 is 1.53 bits per heavy atom. The van der Waals surface area contributed by atoms with Crippen LogP contribution in [0.2, 0.25) is 0 Å². The molecule has 158 valence electrons.